The van der Waals surface area contributed by atoms with Gasteiger partial charge >= 0.3 is 0 Å². The minimum absolute atomic E-state index is 0.333. The third-order valence-electron chi connectivity index (χ3n) is 3.60. The molecule has 0 aliphatic carbocycles. The minimum atomic E-state index is -0.346. The Balaban J connectivity index is 2.11. The molecule has 28 heavy (non-hydrogen) atoms. The highest BCUT2D eigenvalue weighted by atomic mass is 16.5. The second kappa shape index (κ2) is 7.58. The van der Waals surface area contributed by atoms with Gasteiger partial charge in [0.15, 0.2) is 0 Å². The zero-order valence-corrected chi connectivity index (χ0v) is 17.4. The van der Waals surface area contributed by atoms with Crippen LogP contribution in [-0.2, 0) is 0 Å². The normalized spacial score (nSPS) is 11.9. The molecule has 0 amide bonds. The van der Waals surface area contributed by atoms with E-state index in [1.807, 2.05) is 90.1 Å². The number of pyridine rings is 3. The van der Waals surface area contributed by atoms with Crippen molar-refractivity contribution in [3.63, 3.8) is 0 Å². The molecular weight excluding hydrogens is 350 g/mol. The second-order valence-corrected chi connectivity index (χ2v) is 8.55. The van der Waals surface area contributed by atoms with Gasteiger partial charge in [-0.2, -0.15) is 0 Å². The van der Waals surface area contributed by atoms with Crippen LogP contribution >= 0.6 is 0 Å². The Morgan fingerprint density at radius 3 is 1.89 bits per heavy atom. The molecule has 0 spiro atoms. The Kier molecular flexibility index (Phi) is 5.36. The first kappa shape index (κ1) is 19.8. The van der Waals surface area contributed by atoms with E-state index in [2.05, 4.69) is 9.97 Å². The van der Waals surface area contributed by atoms with Gasteiger partial charge in [-0.3, -0.25) is 4.98 Å². The van der Waals surface area contributed by atoms with Gasteiger partial charge in [0.05, 0.1) is 11.4 Å². The molecule has 0 aliphatic heterocycles. The second-order valence-electron chi connectivity index (χ2n) is 8.55. The summed E-state index contributed by atoms with van der Waals surface area (Å²) in [6, 6.07) is 15.3. The van der Waals surface area contributed by atoms with Crippen LogP contribution in [0.5, 0.6) is 11.8 Å². The highest BCUT2D eigenvalue weighted by Gasteiger charge is 2.19. The van der Waals surface area contributed by atoms with Crippen molar-refractivity contribution in [1.29, 1.82) is 0 Å². The van der Waals surface area contributed by atoms with Gasteiger partial charge in [-0.1, -0.05) is 12.1 Å². The fraction of sp³-hybridized carbons (Fsp3) is 0.348. The van der Waals surface area contributed by atoms with Gasteiger partial charge in [-0.15, -0.1) is 0 Å². The summed E-state index contributed by atoms with van der Waals surface area (Å²) in [6.07, 6.45) is 1.77. The molecule has 0 aromatic carbocycles. The van der Waals surface area contributed by atoms with Crippen LogP contribution in [0.3, 0.4) is 0 Å². The zero-order chi connectivity index (χ0) is 20.4. The monoisotopic (exact) mass is 377 g/mol. The van der Waals surface area contributed by atoms with E-state index in [1.54, 1.807) is 6.20 Å². The van der Waals surface area contributed by atoms with E-state index >= 15 is 0 Å². The number of rotatable bonds is 4. The molecule has 3 heterocycles. The Hall–Kier alpha value is -2.95. The third kappa shape index (κ3) is 5.28. The van der Waals surface area contributed by atoms with Crippen LogP contribution in [0.4, 0.5) is 0 Å². The average molecular weight is 377 g/mol. The molecule has 0 atom stereocenters. The van der Waals surface area contributed by atoms with E-state index in [-0.39, 0.29) is 11.2 Å². The van der Waals surface area contributed by atoms with Crippen molar-refractivity contribution < 1.29 is 9.47 Å². The lowest BCUT2D eigenvalue weighted by molar-refractivity contribution is 0.123. The Bertz CT molecular complexity index is 942. The van der Waals surface area contributed by atoms with Crippen molar-refractivity contribution in [2.75, 3.05) is 0 Å². The first-order chi connectivity index (χ1) is 13.1. The van der Waals surface area contributed by atoms with Crippen LogP contribution in [0.2, 0.25) is 0 Å². The van der Waals surface area contributed by atoms with Crippen molar-refractivity contribution in [2.24, 2.45) is 0 Å². The maximum Gasteiger partial charge on any atom is 0.214 e. The van der Waals surface area contributed by atoms with Gasteiger partial charge in [-0.25, -0.2) is 9.97 Å². The number of hydrogen-bond donors (Lipinski definition) is 0. The van der Waals surface area contributed by atoms with Gasteiger partial charge in [0.1, 0.15) is 16.9 Å². The standard InChI is InChI=1S/C23H27N3O2/c1-22(2,3)27-19-12-9-11-18(25-19)21-16(17-10-7-8-15-24-17)13-14-20(26-21)28-23(4,5)6/h7-15H,1-6H3. The summed E-state index contributed by atoms with van der Waals surface area (Å²) in [5, 5.41) is 0. The molecule has 0 saturated heterocycles. The molecule has 3 aromatic heterocycles. The van der Waals surface area contributed by atoms with Crippen LogP contribution in [0.1, 0.15) is 41.5 Å². The maximum atomic E-state index is 5.97. The highest BCUT2D eigenvalue weighted by Crippen LogP contribution is 2.32. The van der Waals surface area contributed by atoms with Crippen molar-refractivity contribution >= 4 is 0 Å². The van der Waals surface area contributed by atoms with Crippen molar-refractivity contribution in [3.05, 3.63) is 54.7 Å². The van der Waals surface area contributed by atoms with E-state index in [1.165, 1.54) is 0 Å². The fourth-order valence-electron chi connectivity index (χ4n) is 2.65. The highest BCUT2D eigenvalue weighted by molar-refractivity contribution is 5.77. The molecule has 146 valence electrons. The van der Waals surface area contributed by atoms with Crippen molar-refractivity contribution in [1.82, 2.24) is 15.0 Å². The van der Waals surface area contributed by atoms with Crippen molar-refractivity contribution in [3.8, 4) is 34.4 Å². The molecule has 5 nitrogen and oxygen atoms in total. The van der Waals surface area contributed by atoms with E-state index in [0.29, 0.717) is 23.1 Å². The smallest absolute Gasteiger partial charge is 0.214 e. The zero-order valence-electron chi connectivity index (χ0n) is 17.4. The lowest BCUT2D eigenvalue weighted by atomic mass is 10.1. The summed E-state index contributed by atoms with van der Waals surface area (Å²) in [7, 11) is 0. The molecule has 0 fully saturated rings. The molecule has 0 bridgehead atoms. The number of nitrogens with zero attached hydrogens (tertiary/aromatic N) is 3. The van der Waals surface area contributed by atoms with Gasteiger partial charge in [0.2, 0.25) is 11.8 Å². The SMILES string of the molecule is CC(C)(C)Oc1cccc(-c2nc(OC(C)(C)C)ccc2-c2ccccn2)n1. The summed E-state index contributed by atoms with van der Waals surface area (Å²) in [4.78, 5) is 13.9. The van der Waals surface area contributed by atoms with E-state index < -0.39 is 0 Å². The fourth-order valence-corrected chi connectivity index (χ4v) is 2.65. The topological polar surface area (TPSA) is 57.1 Å². The molecule has 0 N–H and O–H groups in total. The van der Waals surface area contributed by atoms with E-state index in [4.69, 9.17) is 14.5 Å². The van der Waals surface area contributed by atoms with Gasteiger partial charge in [-0.05, 0) is 65.8 Å². The Labute approximate surface area is 166 Å². The van der Waals surface area contributed by atoms with E-state index in [9.17, 15) is 0 Å². The van der Waals surface area contributed by atoms with Gasteiger partial charge in [0.25, 0.3) is 0 Å². The third-order valence-corrected chi connectivity index (χ3v) is 3.60. The summed E-state index contributed by atoms with van der Waals surface area (Å²) in [6.45, 7) is 12.0. The molecule has 3 aromatic rings. The van der Waals surface area contributed by atoms with Gasteiger partial charge in [0, 0.05) is 23.9 Å². The Morgan fingerprint density at radius 2 is 1.29 bits per heavy atom. The number of ether oxygens (including phenoxy) is 2. The molecule has 0 unspecified atom stereocenters. The molecular formula is C23H27N3O2. The summed E-state index contributed by atoms with van der Waals surface area (Å²) in [5.74, 6) is 1.10. The number of hydrogen-bond acceptors (Lipinski definition) is 5. The minimum Gasteiger partial charge on any atom is -0.472 e. The van der Waals surface area contributed by atoms with Gasteiger partial charge < -0.3 is 9.47 Å². The largest absolute Gasteiger partial charge is 0.472 e. The summed E-state index contributed by atoms with van der Waals surface area (Å²) < 4.78 is 11.9. The summed E-state index contributed by atoms with van der Waals surface area (Å²) in [5.41, 5.74) is 2.46. The lowest BCUT2D eigenvalue weighted by Gasteiger charge is -2.22. The maximum absolute atomic E-state index is 5.97. The first-order valence-corrected chi connectivity index (χ1v) is 9.39. The predicted molar refractivity (Wildman–Crippen MR) is 111 cm³/mol. The molecule has 3 rings (SSSR count). The van der Waals surface area contributed by atoms with Crippen LogP contribution in [0.25, 0.3) is 22.6 Å². The average Bonchev–Trinajstić information content (AvgIpc) is 2.60. The summed E-state index contributed by atoms with van der Waals surface area (Å²) >= 11 is 0. The molecule has 0 aliphatic rings. The van der Waals surface area contributed by atoms with Crippen LogP contribution < -0.4 is 9.47 Å². The molecule has 5 heteroatoms. The first-order valence-electron chi connectivity index (χ1n) is 9.39. The van der Waals surface area contributed by atoms with Crippen LogP contribution in [0, 0.1) is 0 Å². The Morgan fingerprint density at radius 1 is 0.643 bits per heavy atom. The number of aromatic nitrogens is 3. The molecule has 0 radical (unpaired) electrons. The lowest BCUT2D eigenvalue weighted by Crippen LogP contribution is -2.24. The van der Waals surface area contributed by atoms with Crippen LogP contribution in [0.15, 0.2) is 54.7 Å². The quantitative estimate of drug-likeness (QED) is 0.596. The molecule has 0 saturated carbocycles. The van der Waals surface area contributed by atoms with E-state index in [0.717, 1.165) is 11.3 Å². The van der Waals surface area contributed by atoms with Crippen LogP contribution in [-0.4, -0.2) is 26.2 Å². The van der Waals surface area contributed by atoms with Crippen molar-refractivity contribution in [2.45, 2.75) is 52.7 Å². The predicted octanol–water partition coefficient (Wildman–Crippen LogP) is 5.56.